The van der Waals surface area contributed by atoms with E-state index in [1.165, 1.54) is 6.33 Å². The number of benzene rings is 2. The summed E-state index contributed by atoms with van der Waals surface area (Å²) in [6.07, 6.45) is 4.58. The van der Waals surface area contributed by atoms with Crippen molar-refractivity contribution in [3.63, 3.8) is 0 Å². The summed E-state index contributed by atoms with van der Waals surface area (Å²) < 4.78 is 7.36. The van der Waals surface area contributed by atoms with Gasteiger partial charge in [-0.3, -0.25) is 0 Å². The van der Waals surface area contributed by atoms with E-state index in [0.29, 0.717) is 17.3 Å². The van der Waals surface area contributed by atoms with Gasteiger partial charge in [0.1, 0.15) is 30.5 Å². The number of nitrogens with one attached hydrogen (secondary N) is 1. The SMILES string of the molecule is c1ccc2c(Nc3ccc(Oc4cc5ncnn5cn4)cc3)ncnc2c1. The van der Waals surface area contributed by atoms with Crippen molar-refractivity contribution in [2.24, 2.45) is 0 Å². The Morgan fingerprint density at radius 1 is 0.852 bits per heavy atom. The summed E-state index contributed by atoms with van der Waals surface area (Å²) in [5.74, 6) is 1.88. The number of anilines is 2. The van der Waals surface area contributed by atoms with Gasteiger partial charge in [0.25, 0.3) is 0 Å². The third kappa shape index (κ3) is 2.99. The first-order valence-corrected chi connectivity index (χ1v) is 8.25. The van der Waals surface area contributed by atoms with Crippen molar-refractivity contribution in [2.45, 2.75) is 0 Å². The molecular weight excluding hydrogens is 342 g/mol. The maximum absolute atomic E-state index is 5.79. The lowest BCUT2D eigenvalue weighted by Crippen LogP contribution is -1.96. The molecule has 8 nitrogen and oxygen atoms in total. The fourth-order valence-electron chi connectivity index (χ4n) is 2.73. The van der Waals surface area contributed by atoms with Gasteiger partial charge >= 0.3 is 0 Å². The van der Waals surface area contributed by atoms with Crippen molar-refractivity contribution in [3.8, 4) is 11.6 Å². The second-order valence-corrected chi connectivity index (χ2v) is 5.78. The molecule has 5 aromatic rings. The topological polar surface area (TPSA) is 90.1 Å². The highest BCUT2D eigenvalue weighted by Crippen LogP contribution is 2.25. The molecule has 0 amide bonds. The summed E-state index contributed by atoms with van der Waals surface area (Å²) in [6, 6.07) is 17.2. The van der Waals surface area contributed by atoms with E-state index >= 15 is 0 Å². The van der Waals surface area contributed by atoms with Gasteiger partial charge in [-0.15, -0.1) is 0 Å². The van der Waals surface area contributed by atoms with Crippen molar-refractivity contribution in [1.82, 2.24) is 29.5 Å². The number of ether oxygens (including phenoxy) is 1. The minimum absolute atomic E-state index is 0.456. The molecule has 3 heterocycles. The average Bonchev–Trinajstić information content (AvgIpc) is 3.18. The van der Waals surface area contributed by atoms with Crippen LogP contribution in [0.15, 0.2) is 73.6 Å². The molecule has 2 aromatic carbocycles. The van der Waals surface area contributed by atoms with Crippen LogP contribution in [0.5, 0.6) is 11.6 Å². The predicted octanol–water partition coefficient (Wildman–Crippen LogP) is 3.60. The summed E-state index contributed by atoms with van der Waals surface area (Å²) in [4.78, 5) is 16.9. The number of nitrogens with zero attached hydrogens (tertiary/aromatic N) is 6. The molecule has 0 aliphatic carbocycles. The van der Waals surface area contributed by atoms with Crippen molar-refractivity contribution in [1.29, 1.82) is 0 Å². The first-order chi connectivity index (χ1) is 13.3. The molecule has 5 rings (SSSR count). The second-order valence-electron chi connectivity index (χ2n) is 5.78. The highest BCUT2D eigenvalue weighted by atomic mass is 16.5. The molecule has 0 aliphatic heterocycles. The maximum Gasteiger partial charge on any atom is 0.224 e. The van der Waals surface area contributed by atoms with Gasteiger partial charge in [0.15, 0.2) is 5.65 Å². The Morgan fingerprint density at radius 3 is 2.67 bits per heavy atom. The van der Waals surface area contributed by atoms with Gasteiger partial charge in [0.2, 0.25) is 5.88 Å². The highest BCUT2D eigenvalue weighted by Gasteiger charge is 2.05. The van der Waals surface area contributed by atoms with Crippen molar-refractivity contribution in [3.05, 3.63) is 73.6 Å². The number of hydrogen-bond acceptors (Lipinski definition) is 7. The predicted molar refractivity (Wildman–Crippen MR) is 100 cm³/mol. The van der Waals surface area contributed by atoms with E-state index in [9.17, 15) is 0 Å². The van der Waals surface area contributed by atoms with Crippen LogP contribution in [0.3, 0.4) is 0 Å². The van der Waals surface area contributed by atoms with E-state index in [4.69, 9.17) is 4.74 Å². The molecule has 3 aromatic heterocycles. The monoisotopic (exact) mass is 355 g/mol. The lowest BCUT2D eigenvalue weighted by atomic mass is 10.2. The Hall–Kier alpha value is -4.07. The first-order valence-electron chi connectivity index (χ1n) is 8.25. The smallest absolute Gasteiger partial charge is 0.224 e. The summed E-state index contributed by atoms with van der Waals surface area (Å²) in [7, 11) is 0. The van der Waals surface area contributed by atoms with Crippen molar-refractivity contribution >= 4 is 28.1 Å². The second kappa shape index (κ2) is 6.34. The molecule has 0 atom stereocenters. The van der Waals surface area contributed by atoms with Gasteiger partial charge in [0, 0.05) is 17.1 Å². The Morgan fingerprint density at radius 2 is 1.74 bits per heavy atom. The fourth-order valence-corrected chi connectivity index (χ4v) is 2.73. The Balaban J connectivity index is 1.36. The zero-order valence-corrected chi connectivity index (χ0v) is 14.0. The van der Waals surface area contributed by atoms with E-state index in [1.54, 1.807) is 23.2 Å². The van der Waals surface area contributed by atoms with Gasteiger partial charge in [-0.25, -0.2) is 24.5 Å². The van der Waals surface area contributed by atoms with E-state index in [-0.39, 0.29) is 0 Å². The van der Waals surface area contributed by atoms with Crippen LogP contribution in [-0.2, 0) is 0 Å². The Labute approximate surface area is 153 Å². The van der Waals surface area contributed by atoms with Crippen LogP contribution in [0.2, 0.25) is 0 Å². The van der Waals surface area contributed by atoms with E-state index < -0.39 is 0 Å². The maximum atomic E-state index is 5.79. The average molecular weight is 355 g/mol. The molecule has 0 spiro atoms. The standard InChI is InChI=1S/C19H13N7O/c1-2-4-16-15(3-1)19(22-10-20-16)25-13-5-7-14(8-6-13)27-18-9-17-21-11-24-26(17)12-23-18/h1-12H,(H,20,22,25). The van der Waals surface area contributed by atoms with Crippen molar-refractivity contribution < 1.29 is 4.74 Å². The molecule has 0 aliphatic rings. The molecular formula is C19H13N7O. The number of para-hydroxylation sites is 1. The quantitative estimate of drug-likeness (QED) is 0.527. The van der Waals surface area contributed by atoms with Crippen molar-refractivity contribution in [2.75, 3.05) is 5.32 Å². The molecule has 1 N–H and O–H groups in total. The zero-order chi connectivity index (χ0) is 18.1. The van der Waals surface area contributed by atoms with E-state index in [0.717, 1.165) is 22.4 Å². The normalized spacial score (nSPS) is 11.0. The van der Waals surface area contributed by atoms with Gasteiger partial charge < -0.3 is 10.1 Å². The van der Waals surface area contributed by atoms with Crippen LogP contribution in [0.25, 0.3) is 16.6 Å². The summed E-state index contributed by atoms with van der Waals surface area (Å²) >= 11 is 0. The van der Waals surface area contributed by atoms with E-state index in [1.807, 2.05) is 48.5 Å². The molecule has 0 radical (unpaired) electrons. The van der Waals surface area contributed by atoms with Gasteiger partial charge in [-0.2, -0.15) is 5.10 Å². The Kier molecular flexibility index (Phi) is 3.57. The summed E-state index contributed by atoms with van der Waals surface area (Å²) in [5, 5.41) is 8.29. The van der Waals surface area contributed by atoms with Crippen LogP contribution < -0.4 is 10.1 Å². The number of rotatable bonds is 4. The fraction of sp³-hybridized carbons (Fsp3) is 0. The number of aromatic nitrogens is 6. The first kappa shape index (κ1) is 15.2. The lowest BCUT2D eigenvalue weighted by Gasteiger charge is -2.09. The van der Waals surface area contributed by atoms with Gasteiger partial charge in [-0.05, 0) is 36.4 Å². The zero-order valence-electron chi connectivity index (χ0n) is 14.0. The lowest BCUT2D eigenvalue weighted by molar-refractivity contribution is 0.461. The van der Waals surface area contributed by atoms with E-state index in [2.05, 4.69) is 30.4 Å². The number of hydrogen-bond donors (Lipinski definition) is 1. The third-order valence-electron chi connectivity index (χ3n) is 4.03. The van der Waals surface area contributed by atoms with Gasteiger partial charge in [0.05, 0.1) is 5.52 Å². The molecule has 8 heteroatoms. The number of fused-ring (bicyclic) bond motifs is 2. The third-order valence-corrected chi connectivity index (χ3v) is 4.03. The minimum Gasteiger partial charge on any atom is -0.439 e. The molecule has 27 heavy (non-hydrogen) atoms. The van der Waals surface area contributed by atoms with Gasteiger partial charge in [-0.1, -0.05) is 12.1 Å². The molecule has 0 saturated heterocycles. The molecule has 0 unspecified atom stereocenters. The molecule has 0 fully saturated rings. The molecule has 0 saturated carbocycles. The molecule has 130 valence electrons. The highest BCUT2D eigenvalue weighted by molar-refractivity contribution is 5.90. The summed E-state index contributed by atoms with van der Waals surface area (Å²) in [6.45, 7) is 0. The van der Waals surface area contributed by atoms with Crippen LogP contribution >= 0.6 is 0 Å². The van der Waals surface area contributed by atoms with Crippen LogP contribution in [0.1, 0.15) is 0 Å². The Bertz CT molecular complexity index is 1230. The largest absolute Gasteiger partial charge is 0.439 e. The van der Waals surface area contributed by atoms with Crippen LogP contribution in [0, 0.1) is 0 Å². The minimum atomic E-state index is 0.456. The molecule has 0 bridgehead atoms. The summed E-state index contributed by atoms with van der Waals surface area (Å²) in [5.41, 5.74) is 2.46. The van der Waals surface area contributed by atoms with Crippen LogP contribution in [-0.4, -0.2) is 29.5 Å². The van der Waals surface area contributed by atoms with Crippen LogP contribution in [0.4, 0.5) is 11.5 Å².